The molecule has 4 rings (SSSR count). The summed E-state index contributed by atoms with van der Waals surface area (Å²) in [5, 5.41) is 9.26. The smallest absolute Gasteiger partial charge is 0.272 e. The van der Waals surface area contributed by atoms with Crippen LogP contribution in [0.1, 0.15) is 22.8 Å². The minimum atomic E-state index is -0.550. The summed E-state index contributed by atoms with van der Waals surface area (Å²) in [4.78, 5) is 43.2. The fraction of sp³-hybridized carbons (Fsp3) is 0.107. The number of thioether (sulfide) groups is 2. The molecule has 204 valence electrons. The van der Waals surface area contributed by atoms with Crippen LogP contribution in [0.25, 0.3) is 6.08 Å². The number of hydrogen-bond donors (Lipinski definition) is 3. The second-order valence-corrected chi connectivity index (χ2v) is 11.1. The largest absolute Gasteiger partial charge is 0.321 e. The molecule has 0 unspecified atom stereocenters. The molecule has 8 nitrogen and oxygen atoms in total. The Hall–Kier alpha value is -4.00. The van der Waals surface area contributed by atoms with Crippen molar-refractivity contribution in [1.82, 2.24) is 14.7 Å². The number of nitrogens with one attached hydrogen (secondary N) is 3. The molecule has 3 N–H and O–H groups in total. The zero-order valence-electron chi connectivity index (χ0n) is 21.2. The third kappa shape index (κ3) is 8.76. The zero-order valence-corrected chi connectivity index (χ0v) is 23.7. The van der Waals surface area contributed by atoms with Crippen LogP contribution in [-0.2, 0) is 9.59 Å². The SMILES string of the molecule is CCSc1nsc(NC(=O)CSc2ccc(NC(=O)/C(=C/c3ccc(F)cc3)NC(=O)c3ccccc3)cc2)n1. The average molecular weight is 594 g/mol. The molecule has 1 aromatic heterocycles. The van der Waals surface area contributed by atoms with E-state index in [1.807, 2.05) is 6.92 Å². The molecule has 3 aromatic carbocycles. The van der Waals surface area contributed by atoms with Crippen molar-refractivity contribution in [2.24, 2.45) is 0 Å². The maximum atomic E-state index is 13.4. The van der Waals surface area contributed by atoms with E-state index in [1.165, 1.54) is 53.9 Å². The minimum absolute atomic E-state index is 0.00671. The normalized spacial score (nSPS) is 11.1. The van der Waals surface area contributed by atoms with Crippen molar-refractivity contribution in [3.8, 4) is 0 Å². The minimum Gasteiger partial charge on any atom is -0.321 e. The van der Waals surface area contributed by atoms with Gasteiger partial charge < -0.3 is 10.6 Å². The van der Waals surface area contributed by atoms with Crippen LogP contribution < -0.4 is 16.0 Å². The average Bonchev–Trinajstić information content (AvgIpc) is 3.40. The fourth-order valence-electron chi connectivity index (χ4n) is 3.25. The van der Waals surface area contributed by atoms with E-state index in [2.05, 4.69) is 25.3 Å². The molecule has 4 aromatic rings. The van der Waals surface area contributed by atoms with Crippen LogP contribution in [-0.4, -0.2) is 38.6 Å². The van der Waals surface area contributed by atoms with Gasteiger partial charge in [-0.15, -0.1) is 11.8 Å². The van der Waals surface area contributed by atoms with Crippen molar-refractivity contribution in [3.05, 3.63) is 102 Å². The van der Waals surface area contributed by atoms with Gasteiger partial charge in [-0.1, -0.05) is 49.0 Å². The quantitative estimate of drug-likeness (QED) is 0.146. The first-order chi connectivity index (χ1) is 19.4. The summed E-state index contributed by atoms with van der Waals surface area (Å²) < 4.78 is 17.5. The Balaban J connectivity index is 1.37. The van der Waals surface area contributed by atoms with E-state index >= 15 is 0 Å². The molecule has 0 fully saturated rings. The maximum Gasteiger partial charge on any atom is 0.272 e. The van der Waals surface area contributed by atoms with E-state index in [-0.39, 0.29) is 17.4 Å². The van der Waals surface area contributed by atoms with Crippen LogP contribution in [0.5, 0.6) is 0 Å². The van der Waals surface area contributed by atoms with Gasteiger partial charge in [0.1, 0.15) is 11.5 Å². The van der Waals surface area contributed by atoms with Crippen molar-refractivity contribution in [1.29, 1.82) is 0 Å². The lowest BCUT2D eigenvalue weighted by Crippen LogP contribution is -2.30. The lowest BCUT2D eigenvalue weighted by molar-refractivity contribution is -0.114. The number of nitrogens with zero attached hydrogens (tertiary/aromatic N) is 2. The van der Waals surface area contributed by atoms with E-state index in [4.69, 9.17) is 0 Å². The molecule has 0 radical (unpaired) electrons. The highest BCUT2D eigenvalue weighted by Crippen LogP contribution is 2.23. The Morgan fingerprint density at radius 3 is 2.35 bits per heavy atom. The van der Waals surface area contributed by atoms with Crippen molar-refractivity contribution in [2.75, 3.05) is 22.1 Å². The van der Waals surface area contributed by atoms with Gasteiger partial charge in [-0.2, -0.15) is 9.36 Å². The standard InChI is InChI=1S/C28H24FN5O3S3/c1-2-38-28-33-27(40-34-28)32-24(35)17-39-22-14-12-21(13-15-22)30-26(37)23(16-18-8-10-20(29)11-9-18)31-25(36)19-6-4-3-5-7-19/h3-16H,2,17H2,1H3,(H,30,37)(H,31,36)(H,32,33,34,35)/b23-16-. The lowest BCUT2D eigenvalue weighted by atomic mass is 10.1. The maximum absolute atomic E-state index is 13.4. The van der Waals surface area contributed by atoms with Gasteiger partial charge in [0, 0.05) is 27.7 Å². The first-order valence-electron chi connectivity index (χ1n) is 12.0. The Morgan fingerprint density at radius 2 is 1.65 bits per heavy atom. The van der Waals surface area contributed by atoms with Crippen molar-refractivity contribution >= 4 is 69.7 Å². The van der Waals surface area contributed by atoms with Crippen LogP contribution in [0.4, 0.5) is 15.2 Å². The molecule has 0 aliphatic carbocycles. The Labute approximate surface area is 243 Å². The fourth-order valence-corrected chi connectivity index (χ4v) is 5.24. The lowest BCUT2D eigenvalue weighted by Gasteiger charge is -2.12. The van der Waals surface area contributed by atoms with Gasteiger partial charge in [-0.25, -0.2) is 4.39 Å². The monoisotopic (exact) mass is 593 g/mol. The number of benzene rings is 3. The van der Waals surface area contributed by atoms with Gasteiger partial charge in [0.15, 0.2) is 0 Å². The van der Waals surface area contributed by atoms with Crippen molar-refractivity contribution < 1.29 is 18.8 Å². The number of halogens is 1. The number of rotatable bonds is 11. The molecule has 0 aliphatic rings. The highest BCUT2D eigenvalue weighted by atomic mass is 32.2. The predicted molar refractivity (Wildman–Crippen MR) is 159 cm³/mol. The Morgan fingerprint density at radius 1 is 0.925 bits per heavy atom. The Bertz CT molecular complexity index is 1490. The summed E-state index contributed by atoms with van der Waals surface area (Å²) in [6.45, 7) is 2.00. The second-order valence-electron chi connectivity index (χ2n) is 8.06. The number of aromatic nitrogens is 2. The first-order valence-corrected chi connectivity index (χ1v) is 14.8. The molecule has 1 heterocycles. The topological polar surface area (TPSA) is 113 Å². The second kappa shape index (κ2) is 14.4. The van der Waals surface area contributed by atoms with Gasteiger partial charge in [0.05, 0.1) is 5.75 Å². The number of amides is 3. The van der Waals surface area contributed by atoms with Crippen LogP contribution in [0, 0.1) is 5.82 Å². The van der Waals surface area contributed by atoms with Crippen LogP contribution in [0.2, 0.25) is 0 Å². The molecule has 40 heavy (non-hydrogen) atoms. The molecule has 0 saturated carbocycles. The van der Waals surface area contributed by atoms with Crippen LogP contribution >= 0.6 is 35.1 Å². The molecule has 0 atom stereocenters. The summed E-state index contributed by atoms with van der Waals surface area (Å²) in [6, 6.07) is 21.0. The molecule has 3 amide bonds. The molecule has 12 heteroatoms. The Kier molecular flexibility index (Phi) is 10.4. The van der Waals surface area contributed by atoms with Gasteiger partial charge >= 0.3 is 0 Å². The summed E-state index contributed by atoms with van der Waals surface area (Å²) >= 11 is 3.98. The summed E-state index contributed by atoms with van der Waals surface area (Å²) in [7, 11) is 0. The van der Waals surface area contributed by atoms with E-state index in [1.54, 1.807) is 54.6 Å². The van der Waals surface area contributed by atoms with E-state index in [0.29, 0.717) is 27.1 Å². The highest BCUT2D eigenvalue weighted by molar-refractivity contribution is 8.00. The molecular formula is C28H24FN5O3S3. The molecule has 0 aliphatic heterocycles. The zero-order chi connectivity index (χ0) is 28.3. The number of hydrogen-bond acceptors (Lipinski definition) is 8. The third-order valence-corrected chi connectivity index (χ3v) is 7.61. The van der Waals surface area contributed by atoms with Gasteiger partial charge in [-0.05, 0) is 65.9 Å². The molecule has 0 spiro atoms. The summed E-state index contributed by atoms with van der Waals surface area (Å²) in [5.41, 5.74) is 1.41. The molecule has 0 saturated heterocycles. The third-order valence-electron chi connectivity index (χ3n) is 5.12. The summed E-state index contributed by atoms with van der Waals surface area (Å²) in [6.07, 6.45) is 1.47. The van der Waals surface area contributed by atoms with Crippen LogP contribution in [0.15, 0.2) is 94.6 Å². The van der Waals surface area contributed by atoms with Crippen LogP contribution in [0.3, 0.4) is 0 Å². The van der Waals surface area contributed by atoms with Crippen molar-refractivity contribution in [2.45, 2.75) is 17.0 Å². The van der Waals surface area contributed by atoms with E-state index in [0.717, 1.165) is 22.2 Å². The molecule has 0 bridgehead atoms. The van der Waals surface area contributed by atoms with E-state index in [9.17, 15) is 18.8 Å². The predicted octanol–water partition coefficient (Wildman–Crippen LogP) is 5.93. The van der Waals surface area contributed by atoms with E-state index < -0.39 is 17.6 Å². The van der Waals surface area contributed by atoms with Gasteiger partial charge in [-0.3, -0.25) is 19.7 Å². The number of carbonyl (C=O) groups excluding carboxylic acids is 3. The number of anilines is 2. The number of carbonyl (C=O) groups is 3. The highest BCUT2D eigenvalue weighted by Gasteiger charge is 2.15. The molecular weight excluding hydrogens is 570 g/mol. The first kappa shape index (κ1) is 29.0. The van der Waals surface area contributed by atoms with Gasteiger partial charge in [0.2, 0.25) is 16.2 Å². The van der Waals surface area contributed by atoms with Gasteiger partial charge in [0.25, 0.3) is 11.8 Å². The van der Waals surface area contributed by atoms with Crippen molar-refractivity contribution in [3.63, 3.8) is 0 Å². The summed E-state index contributed by atoms with van der Waals surface area (Å²) in [5.74, 6) is -0.583.